The van der Waals surface area contributed by atoms with Crippen LogP contribution in [0.15, 0.2) is 56.4 Å². The van der Waals surface area contributed by atoms with Gasteiger partial charge in [-0.25, -0.2) is 9.97 Å². The molecule has 0 aliphatic rings. The fourth-order valence-corrected chi connectivity index (χ4v) is 2.36. The Morgan fingerprint density at radius 3 is 2.43 bits per heavy atom. The van der Waals surface area contributed by atoms with Gasteiger partial charge in [-0.15, -0.1) is 0 Å². The SMILES string of the molecule is CNc1ncnc2oc(-c3ccco3)c(-c3ccco3)c12. The van der Waals surface area contributed by atoms with Crippen molar-refractivity contribution in [1.82, 2.24) is 9.97 Å². The van der Waals surface area contributed by atoms with Crippen molar-refractivity contribution in [2.75, 3.05) is 12.4 Å². The first-order chi connectivity index (χ1) is 10.4. The Labute approximate surface area is 119 Å². The van der Waals surface area contributed by atoms with Gasteiger partial charge >= 0.3 is 0 Å². The molecule has 4 rings (SSSR count). The summed E-state index contributed by atoms with van der Waals surface area (Å²) in [7, 11) is 1.80. The molecule has 6 heteroatoms. The summed E-state index contributed by atoms with van der Waals surface area (Å²) in [5.41, 5.74) is 1.25. The molecule has 0 amide bonds. The van der Waals surface area contributed by atoms with Crippen molar-refractivity contribution in [2.24, 2.45) is 0 Å². The second-order valence-electron chi connectivity index (χ2n) is 4.41. The number of nitrogens with one attached hydrogen (secondary N) is 1. The Bertz CT molecular complexity index is 877. The minimum atomic E-state index is 0.479. The van der Waals surface area contributed by atoms with E-state index in [0.717, 1.165) is 10.9 Å². The van der Waals surface area contributed by atoms with Crippen molar-refractivity contribution in [1.29, 1.82) is 0 Å². The van der Waals surface area contributed by atoms with Gasteiger partial charge < -0.3 is 18.6 Å². The van der Waals surface area contributed by atoms with Gasteiger partial charge in [-0.3, -0.25) is 0 Å². The van der Waals surface area contributed by atoms with Gasteiger partial charge in [0.15, 0.2) is 11.5 Å². The van der Waals surface area contributed by atoms with Crippen LogP contribution in [0.25, 0.3) is 33.9 Å². The first-order valence-corrected chi connectivity index (χ1v) is 6.41. The van der Waals surface area contributed by atoms with Crippen LogP contribution in [-0.2, 0) is 0 Å². The van der Waals surface area contributed by atoms with Crippen molar-refractivity contribution in [3.05, 3.63) is 43.1 Å². The number of hydrogen-bond acceptors (Lipinski definition) is 6. The molecule has 0 radical (unpaired) electrons. The molecule has 0 aromatic carbocycles. The summed E-state index contributed by atoms with van der Waals surface area (Å²) in [6.45, 7) is 0. The molecule has 1 N–H and O–H groups in total. The van der Waals surface area contributed by atoms with Gasteiger partial charge in [0.25, 0.3) is 0 Å². The number of aromatic nitrogens is 2. The zero-order valence-electron chi connectivity index (χ0n) is 11.2. The van der Waals surface area contributed by atoms with Crippen molar-refractivity contribution in [3.63, 3.8) is 0 Å². The average molecular weight is 281 g/mol. The Balaban J connectivity index is 2.13. The quantitative estimate of drug-likeness (QED) is 0.615. The lowest BCUT2D eigenvalue weighted by Crippen LogP contribution is -1.93. The number of rotatable bonds is 3. The molecular formula is C15H11N3O3. The van der Waals surface area contributed by atoms with Crippen molar-refractivity contribution in [2.45, 2.75) is 0 Å². The molecule has 4 aromatic rings. The van der Waals surface area contributed by atoms with E-state index in [9.17, 15) is 0 Å². The predicted octanol–water partition coefficient (Wildman–Crippen LogP) is 3.78. The topological polar surface area (TPSA) is 77.2 Å². The molecule has 4 aromatic heterocycles. The molecule has 4 heterocycles. The third kappa shape index (κ3) is 1.73. The molecule has 0 bridgehead atoms. The van der Waals surface area contributed by atoms with E-state index in [0.29, 0.717) is 28.8 Å². The van der Waals surface area contributed by atoms with Crippen LogP contribution >= 0.6 is 0 Å². The third-order valence-corrected chi connectivity index (χ3v) is 3.24. The Kier molecular flexibility index (Phi) is 2.53. The maximum atomic E-state index is 5.86. The van der Waals surface area contributed by atoms with Crippen LogP contribution in [0.4, 0.5) is 5.82 Å². The number of nitrogens with zero attached hydrogens (tertiary/aromatic N) is 2. The van der Waals surface area contributed by atoms with Crippen LogP contribution in [0.5, 0.6) is 0 Å². The zero-order valence-corrected chi connectivity index (χ0v) is 11.2. The van der Waals surface area contributed by atoms with Crippen LogP contribution in [0.2, 0.25) is 0 Å². The molecule has 0 saturated carbocycles. The summed E-state index contributed by atoms with van der Waals surface area (Å²) in [5, 5.41) is 3.81. The molecule has 0 aliphatic carbocycles. The summed E-state index contributed by atoms with van der Waals surface area (Å²) < 4.78 is 16.9. The van der Waals surface area contributed by atoms with Gasteiger partial charge in [0, 0.05) is 7.05 Å². The fourth-order valence-electron chi connectivity index (χ4n) is 2.36. The highest BCUT2D eigenvalue weighted by molar-refractivity contribution is 6.04. The lowest BCUT2D eigenvalue weighted by Gasteiger charge is -2.01. The molecule has 104 valence electrons. The molecule has 0 aliphatic heterocycles. The van der Waals surface area contributed by atoms with Crippen LogP contribution < -0.4 is 5.32 Å². The molecule has 0 unspecified atom stereocenters. The van der Waals surface area contributed by atoms with Crippen LogP contribution in [0, 0.1) is 0 Å². The lowest BCUT2D eigenvalue weighted by molar-refractivity contribution is 0.536. The van der Waals surface area contributed by atoms with E-state index < -0.39 is 0 Å². The summed E-state index contributed by atoms with van der Waals surface area (Å²) in [6.07, 6.45) is 4.66. The van der Waals surface area contributed by atoms with E-state index >= 15 is 0 Å². The molecule has 21 heavy (non-hydrogen) atoms. The normalized spacial score (nSPS) is 11.1. The molecule has 0 atom stereocenters. The minimum Gasteiger partial charge on any atom is -0.464 e. The Morgan fingerprint density at radius 2 is 1.76 bits per heavy atom. The Hall–Kier alpha value is -3.02. The summed E-state index contributed by atoms with van der Waals surface area (Å²) >= 11 is 0. The van der Waals surface area contributed by atoms with Gasteiger partial charge in [0.05, 0.1) is 23.5 Å². The second-order valence-corrected chi connectivity index (χ2v) is 4.41. The smallest absolute Gasteiger partial charge is 0.232 e. The summed E-state index contributed by atoms with van der Waals surface area (Å²) in [5.74, 6) is 2.53. The summed E-state index contributed by atoms with van der Waals surface area (Å²) in [6, 6.07) is 7.32. The monoisotopic (exact) mass is 281 g/mol. The highest BCUT2D eigenvalue weighted by Gasteiger charge is 2.24. The van der Waals surface area contributed by atoms with Crippen LogP contribution in [-0.4, -0.2) is 17.0 Å². The highest BCUT2D eigenvalue weighted by atomic mass is 16.4. The van der Waals surface area contributed by atoms with E-state index in [4.69, 9.17) is 13.3 Å². The molecule has 6 nitrogen and oxygen atoms in total. The van der Waals surface area contributed by atoms with Gasteiger partial charge in [0.2, 0.25) is 5.71 Å². The van der Waals surface area contributed by atoms with Gasteiger partial charge in [0.1, 0.15) is 17.9 Å². The summed E-state index contributed by atoms with van der Waals surface area (Å²) in [4.78, 5) is 8.43. The largest absolute Gasteiger partial charge is 0.464 e. The average Bonchev–Trinajstić information content (AvgIpc) is 3.24. The number of fused-ring (bicyclic) bond motifs is 1. The van der Waals surface area contributed by atoms with E-state index in [-0.39, 0.29) is 0 Å². The van der Waals surface area contributed by atoms with E-state index in [1.165, 1.54) is 6.33 Å². The zero-order chi connectivity index (χ0) is 14.2. The van der Waals surface area contributed by atoms with Crippen molar-refractivity contribution < 1.29 is 13.3 Å². The van der Waals surface area contributed by atoms with Gasteiger partial charge in [-0.05, 0) is 24.3 Å². The van der Waals surface area contributed by atoms with E-state index in [2.05, 4.69) is 15.3 Å². The predicted molar refractivity (Wildman–Crippen MR) is 76.8 cm³/mol. The first kappa shape index (κ1) is 11.8. The van der Waals surface area contributed by atoms with Crippen LogP contribution in [0.1, 0.15) is 0 Å². The van der Waals surface area contributed by atoms with Crippen molar-refractivity contribution >= 4 is 16.9 Å². The van der Waals surface area contributed by atoms with Crippen LogP contribution in [0.3, 0.4) is 0 Å². The number of hydrogen-bond donors (Lipinski definition) is 1. The van der Waals surface area contributed by atoms with Crippen molar-refractivity contribution in [3.8, 4) is 22.8 Å². The molecule has 0 fully saturated rings. The van der Waals surface area contributed by atoms with Gasteiger partial charge in [-0.1, -0.05) is 0 Å². The lowest BCUT2D eigenvalue weighted by atomic mass is 10.1. The van der Waals surface area contributed by atoms with Gasteiger partial charge in [-0.2, -0.15) is 0 Å². The maximum Gasteiger partial charge on any atom is 0.232 e. The standard InChI is InChI=1S/C15H11N3O3/c1-16-14-12-11(9-4-2-6-19-9)13(10-5-3-7-20-10)21-15(12)18-8-17-14/h2-8H,1H3,(H,16,17,18). The maximum absolute atomic E-state index is 5.86. The van der Waals surface area contributed by atoms with E-state index in [1.54, 1.807) is 25.6 Å². The third-order valence-electron chi connectivity index (χ3n) is 3.24. The molecule has 0 spiro atoms. The van der Waals surface area contributed by atoms with E-state index in [1.807, 2.05) is 18.2 Å². The fraction of sp³-hybridized carbons (Fsp3) is 0.0667. The highest BCUT2D eigenvalue weighted by Crippen LogP contribution is 2.42. The Morgan fingerprint density at radius 1 is 1.00 bits per heavy atom. The molecule has 0 saturated heterocycles. The second kappa shape index (κ2) is 4.52. The first-order valence-electron chi connectivity index (χ1n) is 6.41. The minimum absolute atomic E-state index is 0.479. The molecular weight excluding hydrogens is 270 g/mol. The number of anilines is 1. The number of furan rings is 3.